The molecule has 27 heavy (non-hydrogen) atoms. The van der Waals surface area contributed by atoms with Gasteiger partial charge in [-0.1, -0.05) is 23.7 Å². The molecular weight excluding hydrogens is 503 g/mol. The Balaban J connectivity index is 0.00000364. The number of hydrogen-bond donors (Lipinski definition) is 1. The van der Waals surface area contributed by atoms with Crippen LogP contribution in [0.2, 0.25) is 5.02 Å². The van der Waals surface area contributed by atoms with Crippen molar-refractivity contribution in [1.82, 2.24) is 14.5 Å². The van der Waals surface area contributed by atoms with Gasteiger partial charge in [-0.25, -0.2) is 8.42 Å². The van der Waals surface area contributed by atoms with Crippen molar-refractivity contribution in [3.63, 3.8) is 0 Å². The Bertz CT molecular complexity index is 712. The highest BCUT2D eigenvalue weighted by molar-refractivity contribution is 14.0. The Morgan fingerprint density at radius 2 is 2.07 bits per heavy atom. The Morgan fingerprint density at radius 1 is 1.37 bits per heavy atom. The maximum Gasteiger partial charge on any atom is 0.216 e. The van der Waals surface area contributed by atoms with Gasteiger partial charge in [-0.3, -0.25) is 4.99 Å². The molecule has 0 aliphatic carbocycles. The number of rotatable bonds is 7. The molecule has 0 bridgehead atoms. The lowest BCUT2D eigenvalue weighted by Gasteiger charge is -2.26. The average Bonchev–Trinajstić information content (AvgIpc) is 2.61. The maximum atomic E-state index is 12.4. The summed E-state index contributed by atoms with van der Waals surface area (Å²) in [6.45, 7) is 5.26. The van der Waals surface area contributed by atoms with Crippen LogP contribution in [0.4, 0.5) is 0 Å². The highest BCUT2D eigenvalue weighted by atomic mass is 127. The van der Waals surface area contributed by atoms with Crippen LogP contribution in [-0.4, -0.2) is 75.8 Å². The molecule has 2 rings (SSSR count). The van der Waals surface area contributed by atoms with E-state index in [1.165, 1.54) is 4.31 Å². The van der Waals surface area contributed by atoms with Gasteiger partial charge in [0.05, 0.1) is 25.5 Å². The number of halogens is 2. The number of ether oxygens (including phenoxy) is 1. The third kappa shape index (κ3) is 8.10. The molecule has 0 aromatic heterocycles. The second kappa shape index (κ2) is 12.1. The lowest BCUT2D eigenvalue weighted by molar-refractivity contribution is 0.0731. The highest BCUT2D eigenvalue weighted by Crippen LogP contribution is 2.12. The van der Waals surface area contributed by atoms with Crippen LogP contribution in [0.1, 0.15) is 12.5 Å². The van der Waals surface area contributed by atoms with Crippen molar-refractivity contribution in [3.05, 3.63) is 34.9 Å². The molecule has 1 aliphatic heterocycles. The van der Waals surface area contributed by atoms with Crippen LogP contribution in [0.3, 0.4) is 0 Å². The number of hydrogen-bond acceptors (Lipinski definition) is 4. The van der Waals surface area contributed by atoms with E-state index in [4.69, 9.17) is 16.3 Å². The molecule has 1 aliphatic rings. The first-order valence-corrected chi connectivity index (χ1v) is 10.7. The number of sulfonamides is 1. The number of benzene rings is 1. The third-order valence-corrected chi connectivity index (χ3v) is 6.07. The zero-order valence-corrected chi connectivity index (χ0v) is 19.6. The molecule has 0 radical (unpaired) electrons. The van der Waals surface area contributed by atoms with Gasteiger partial charge < -0.3 is 15.0 Å². The van der Waals surface area contributed by atoms with E-state index in [2.05, 4.69) is 10.3 Å². The largest absolute Gasteiger partial charge is 0.379 e. The van der Waals surface area contributed by atoms with Crippen LogP contribution < -0.4 is 5.32 Å². The summed E-state index contributed by atoms with van der Waals surface area (Å²) in [6.07, 6.45) is 0. The van der Waals surface area contributed by atoms with Crippen LogP contribution in [0.5, 0.6) is 0 Å². The maximum absolute atomic E-state index is 12.4. The first-order chi connectivity index (χ1) is 12.4. The minimum atomic E-state index is -3.30. The van der Waals surface area contributed by atoms with Gasteiger partial charge in [-0.2, -0.15) is 4.31 Å². The molecule has 0 unspecified atom stereocenters. The molecule has 1 heterocycles. The van der Waals surface area contributed by atoms with Crippen molar-refractivity contribution >= 4 is 51.6 Å². The summed E-state index contributed by atoms with van der Waals surface area (Å²) in [5.41, 5.74) is 1.06. The van der Waals surface area contributed by atoms with Gasteiger partial charge in [0, 0.05) is 38.2 Å². The van der Waals surface area contributed by atoms with Crippen LogP contribution in [0.25, 0.3) is 0 Å². The van der Waals surface area contributed by atoms with Crippen molar-refractivity contribution in [2.45, 2.75) is 13.5 Å². The second-order valence-electron chi connectivity index (χ2n) is 6.05. The summed E-state index contributed by atoms with van der Waals surface area (Å²) in [5.74, 6) is 0.664. The molecule has 0 atom stereocenters. The van der Waals surface area contributed by atoms with Gasteiger partial charge in [0.15, 0.2) is 5.96 Å². The molecule has 154 valence electrons. The lowest BCUT2D eigenvalue weighted by Crippen LogP contribution is -2.42. The Kier molecular flexibility index (Phi) is 10.9. The molecule has 1 aromatic rings. The molecule has 1 fully saturated rings. The topological polar surface area (TPSA) is 74.2 Å². The van der Waals surface area contributed by atoms with Crippen LogP contribution in [0.15, 0.2) is 29.3 Å². The number of guanidine groups is 1. The number of nitrogens with zero attached hydrogens (tertiary/aromatic N) is 3. The fourth-order valence-corrected chi connectivity index (χ4v) is 4.17. The normalized spacial score (nSPS) is 15.9. The van der Waals surface area contributed by atoms with E-state index in [1.807, 2.05) is 43.1 Å². The van der Waals surface area contributed by atoms with E-state index in [9.17, 15) is 8.42 Å². The van der Waals surface area contributed by atoms with Gasteiger partial charge in [-0.05, 0) is 24.6 Å². The van der Waals surface area contributed by atoms with E-state index < -0.39 is 10.0 Å². The number of aliphatic imine (C=N–C) groups is 1. The van der Waals surface area contributed by atoms with Gasteiger partial charge >= 0.3 is 0 Å². The summed E-state index contributed by atoms with van der Waals surface area (Å²) < 4.78 is 31.4. The van der Waals surface area contributed by atoms with Crippen LogP contribution in [-0.2, 0) is 21.3 Å². The molecular formula is C17H28ClIN4O3S. The van der Waals surface area contributed by atoms with E-state index in [0.717, 1.165) is 5.56 Å². The first kappa shape index (κ1) is 24.4. The predicted molar refractivity (Wildman–Crippen MR) is 120 cm³/mol. The summed E-state index contributed by atoms with van der Waals surface area (Å²) >= 11 is 6.03. The molecule has 1 N–H and O–H groups in total. The Labute approximate surface area is 184 Å². The van der Waals surface area contributed by atoms with E-state index >= 15 is 0 Å². The average molecular weight is 531 g/mol. The summed E-state index contributed by atoms with van der Waals surface area (Å²) in [6, 6.07) is 7.64. The quantitative estimate of drug-likeness (QED) is 0.332. The minimum absolute atomic E-state index is 0. The molecule has 1 saturated heterocycles. The molecule has 1 aromatic carbocycles. The van der Waals surface area contributed by atoms with Crippen molar-refractivity contribution in [1.29, 1.82) is 0 Å². The zero-order valence-electron chi connectivity index (χ0n) is 15.7. The molecule has 10 heteroatoms. The highest BCUT2D eigenvalue weighted by Gasteiger charge is 2.23. The molecule has 0 spiro atoms. The summed E-state index contributed by atoms with van der Waals surface area (Å²) in [4.78, 5) is 6.43. The summed E-state index contributed by atoms with van der Waals surface area (Å²) in [5, 5.41) is 3.89. The summed E-state index contributed by atoms with van der Waals surface area (Å²) in [7, 11) is -1.39. The minimum Gasteiger partial charge on any atom is -0.379 e. The smallest absolute Gasteiger partial charge is 0.216 e. The lowest BCUT2D eigenvalue weighted by atomic mass is 10.2. The second-order valence-corrected chi connectivity index (χ2v) is 8.57. The van der Waals surface area contributed by atoms with E-state index in [1.54, 1.807) is 0 Å². The number of morpholine rings is 1. The van der Waals surface area contributed by atoms with Crippen molar-refractivity contribution in [2.24, 2.45) is 4.99 Å². The van der Waals surface area contributed by atoms with E-state index in [0.29, 0.717) is 50.4 Å². The third-order valence-electron chi connectivity index (χ3n) is 3.98. The van der Waals surface area contributed by atoms with Crippen LogP contribution >= 0.6 is 35.6 Å². The molecule has 7 nitrogen and oxygen atoms in total. The Hall–Kier alpha value is -0.620. The Morgan fingerprint density at radius 3 is 2.70 bits per heavy atom. The fourth-order valence-electron chi connectivity index (χ4n) is 2.67. The van der Waals surface area contributed by atoms with Crippen molar-refractivity contribution in [3.8, 4) is 0 Å². The van der Waals surface area contributed by atoms with E-state index in [-0.39, 0.29) is 36.3 Å². The molecule has 0 amide bonds. The van der Waals surface area contributed by atoms with Crippen LogP contribution in [0, 0.1) is 0 Å². The van der Waals surface area contributed by atoms with Gasteiger partial charge in [0.25, 0.3) is 0 Å². The van der Waals surface area contributed by atoms with Gasteiger partial charge in [-0.15, -0.1) is 24.0 Å². The fraction of sp³-hybridized carbons (Fsp3) is 0.588. The standard InChI is InChI=1S/C17H27ClN4O3S.HI/c1-3-19-17(21(2)14-15-5-4-6-16(18)13-15)20-7-12-26(23,24)22-8-10-25-11-9-22;/h4-6,13H,3,7-12,14H2,1-2H3,(H,19,20);1H. The van der Waals surface area contributed by atoms with Gasteiger partial charge in [0.2, 0.25) is 10.0 Å². The van der Waals surface area contributed by atoms with Crippen molar-refractivity contribution in [2.75, 3.05) is 52.2 Å². The monoisotopic (exact) mass is 530 g/mol. The number of nitrogens with one attached hydrogen (secondary N) is 1. The SMILES string of the molecule is CCNC(=NCCS(=O)(=O)N1CCOCC1)N(C)Cc1cccc(Cl)c1.I. The first-order valence-electron chi connectivity index (χ1n) is 8.72. The predicted octanol–water partition coefficient (Wildman–Crippen LogP) is 2.02. The zero-order chi connectivity index (χ0) is 19.0. The van der Waals surface area contributed by atoms with Gasteiger partial charge in [0.1, 0.15) is 0 Å². The molecule has 0 saturated carbocycles. The van der Waals surface area contributed by atoms with Crippen molar-refractivity contribution < 1.29 is 13.2 Å².